The standard InChI is InChI=1S/C16H14ClN5O/c1-22-8-12(7-18-22)10-4-11-6-14(19-16(23)9-2-3-9)20-21-15(11)13(17)5-10/h4-9H,2-3H2,1H3,(H,19,20,23). The Morgan fingerprint density at radius 2 is 2.09 bits per heavy atom. The molecule has 0 saturated heterocycles. The van der Waals surface area contributed by atoms with Crippen LogP contribution in [0, 0.1) is 5.92 Å². The van der Waals surface area contributed by atoms with Gasteiger partial charge >= 0.3 is 0 Å². The molecular weight excluding hydrogens is 314 g/mol. The lowest BCUT2D eigenvalue weighted by Crippen LogP contribution is -2.14. The van der Waals surface area contributed by atoms with Crippen molar-refractivity contribution in [3.8, 4) is 11.1 Å². The monoisotopic (exact) mass is 327 g/mol. The van der Waals surface area contributed by atoms with E-state index in [9.17, 15) is 4.79 Å². The van der Waals surface area contributed by atoms with Gasteiger partial charge in [0.2, 0.25) is 5.91 Å². The number of carbonyl (C=O) groups excluding carboxylic acids is 1. The SMILES string of the molecule is Cn1cc(-c2cc(Cl)c3nnc(NC(=O)C4CC4)cc3c2)cn1. The quantitative estimate of drug-likeness (QED) is 0.802. The fourth-order valence-corrected chi connectivity index (χ4v) is 2.75. The number of hydrogen-bond acceptors (Lipinski definition) is 4. The van der Waals surface area contributed by atoms with Crippen LogP contribution >= 0.6 is 11.6 Å². The van der Waals surface area contributed by atoms with Gasteiger partial charge in [0.25, 0.3) is 0 Å². The lowest BCUT2D eigenvalue weighted by molar-refractivity contribution is -0.117. The van der Waals surface area contributed by atoms with E-state index in [4.69, 9.17) is 11.6 Å². The molecule has 1 aliphatic carbocycles. The third kappa shape index (κ3) is 2.77. The fraction of sp³-hybridized carbons (Fsp3) is 0.250. The van der Waals surface area contributed by atoms with E-state index in [1.165, 1.54) is 0 Å². The summed E-state index contributed by atoms with van der Waals surface area (Å²) in [6.45, 7) is 0. The number of nitrogens with one attached hydrogen (secondary N) is 1. The smallest absolute Gasteiger partial charge is 0.228 e. The molecule has 2 heterocycles. The molecule has 7 heteroatoms. The van der Waals surface area contributed by atoms with Crippen LogP contribution in [0.4, 0.5) is 5.82 Å². The molecule has 0 bridgehead atoms. The second kappa shape index (κ2) is 5.31. The van der Waals surface area contributed by atoms with Crippen LogP contribution in [0.3, 0.4) is 0 Å². The number of rotatable bonds is 3. The van der Waals surface area contributed by atoms with Gasteiger partial charge in [0.05, 0.1) is 11.2 Å². The first kappa shape index (κ1) is 14.1. The fourth-order valence-electron chi connectivity index (χ4n) is 2.49. The number of halogens is 1. The summed E-state index contributed by atoms with van der Waals surface area (Å²) in [4.78, 5) is 11.9. The molecule has 1 N–H and O–H groups in total. The van der Waals surface area contributed by atoms with Crippen LogP contribution in [-0.2, 0) is 11.8 Å². The number of benzene rings is 1. The molecule has 2 aromatic heterocycles. The number of carbonyl (C=O) groups is 1. The van der Waals surface area contributed by atoms with Gasteiger partial charge in [-0.25, -0.2) is 0 Å². The zero-order chi connectivity index (χ0) is 16.0. The normalized spacial score (nSPS) is 14.2. The molecule has 0 atom stereocenters. The minimum atomic E-state index is 0.00756. The Bertz CT molecular complexity index is 916. The topological polar surface area (TPSA) is 72.7 Å². The summed E-state index contributed by atoms with van der Waals surface area (Å²) in [5, 5.41) is 16.5. The predicted molar refractivity (Wildman–Crippen MR) is 88.1 cm³/mol. The maximum Gasteiger partial charge on any atom is 0.228 e. The van der Waals surface area contributed by atoms with Gasteiger partial charge in [-0.05, 0) is 36.6 Å². The van der Waals surface area contributed by atoms with E-state index in [0.717, 1.165) is 29.4 Å². The van der Waals surface area contributed by atoms with Gasteiger partial charge in [0, 0.05) is 30.1 Å². The molecule has 0 unspecified atom stereocenters. The lowest BCUT2D eigenvalue weighted by Gasteiger charge is -2.06. The Morgan fingerprint density at radius 1 is 1.26 bits per heavy atom. The van der Waals surface area contributed by atoms with Crippen molar-refractivity contribution in [1.82, 2.24) is 20.0 Å². The van der Waals surface area contributed by atoms with E-state index in [-0.39, 0.29) is 11.8 Å². The minimum Gasteiger partial charge on any atom is -0.309 e. The van der Waals surface area contributed by atoms with Crippen LogP contribution in [0.15, 0.2) is 30.6 Å². The predicted octanol–water partition coefficient (Wildman–Crippen LogP) is 3.03. The Morgan fingerprint density at radius 3 is 2.78 bits per heavy atom. The third-order valence-electron chi connectivity index (χ3n) is 3.88. The highest BCUT2D eigenvalue weighted by Crippen LogP contribution is 2.32. The van der Waals surface area contributed by atoms with Crippen LogP contribution in [0.2, 0.25) is 5.02 Å². The summed E-state index contributed by atoms with van der Waals surface area (Å²) in [7, 11) is 1.86. The van der Waals surface area contributed by atoms with Crippen LogP contribution < -0.4 is 5.32 Å². The van der Waals surface area contributed by atoms with Crippen molar-refractivity contribution in [3.05, 3.63) is 35.6 Å². The molecule has 0 aliphatic heterocycles. The maximum absolute atomic E-state index is 11.9. The van der Waals surface area contributed by atoms with Crippen molar-refractivity contribution in [3.63, 3.8) is 0 Å². The van der Waals surface area contributed by atoms with Crippen LogP contribution in [-0.4, -0.2) is 25.9 Å². The van der Waals surface area contributed by atoms with Gasteiger partial charge in [-0.2, -0.15) is 5.10 Å². The van der Waals surface area contributed by atoms with Gasteiger partial charge in [-0.15, -0.1) is 10.2 Å². The van der Waals surface area contributed by atoms with Crippen molar-refractivity contribution < 1.29 is 4.79 Å². The minimum absolute atomic E-state index is 0.00756. The highest BCUT2D eigenvalue weighted by Gasteiger charge is 2.29. The number of anilines is 1. The molecule has 1 saturated carbocycles. The summed E-state index contributed by atoms with van der Waals surface area (Å²) in [6, 6.07) is 5.62. The number of aryl methyl sites for hydroxylation is 1. The first-order valence-electron chi connectivity index (χ1n) is 7.37. The summed E-state index contributed by atoms with van der Waals surface area (Å²) >= 11 is 6.32. The third-order valence-corrected chi connectivity index (χ3v) is 4.17. The Hall–Kier alpha value is -2.47. The van der Waals surface area contributed by atoms with Crippen molar-refractivity contribution in [1.29, 1.82) is 0 Å². The maximum atomic E-state index is 11.9. The lowest BCUT2D eigenvalue weighted by atomic mass is 10.1. The molecule has 6 nitrogen and oxygen atoms in total. The van der Waals surface area contributed by atoms with Gasteiger partial charge in [-0.1, -0.05) is 11.6 Å². The van der Waals surface area contributed by atoms with Crippen LogP contribution in [0.1, 0.15) is 12.8 Å². The van der Waals surface area contributed by atoms with Crippen LogP contribution in [0.5, 0.6) is 0 Å². The van der Waals surface area contributed by atoms with Crippen molar-refractivity contribution >= 4 is 34.2 Å². The van der Waals surface area contributed by atoms with Gasteiger partial charge < -0.3 is 5.32 Å². The molecule has 1 fully saturated rings. The molecule has 3 aromatic rings. The van der Waals surface area contributed by atoms with Crippen molar-refractivity contribution in [2.45, 2.75) is 12.8 Å². The van der Waals surface area contributed by atoms with Crippen molar-refractivity contribution in [2.24, 2.45) is 13.0 Å². The number of hydrogen-bond donors (Lipinski definition) is 1. The van der Waals surface area contributed by atoms with Crippen LogP contribution in [0.25, 0.3) is 22.0 Å². The molecule has 4 rings (SSSR count). The molecule has 116 valence electrons. The number of aromatic nitrogens is 4. The van der Waals surface area contributed by atoms with E-state index < -0.39 is 0 Å². The van der Waals surface area contributed by atoms with Crippen molar-refractivity contribution in [2.75, 3.05) is 5.32 Å². The average molecular weight is 328 g/mol. The number of fused-ring (bicyclic) bond motifs is 1. The molecule has 23 heavy (non-hydrogen) atoms. The second-order valence-corrected chi connectivity index (χ2v) is 6.20. The molecular formula is C16H14ClN5O. The van der Waals surface area contributed by atoms with E-state index in [1.807, 2.05) is 25.4 Å². The zero-order valence-corrected chi connectivity index (χ0v) is 13.2. The van der Waals surface area contributed by atoms with E-state index in [0.29, 0.717) is 16.4 Å². The highest BCUT2D eigenvalue weighted by molar-refractivity contribution is 6.35. The zero-order valence-electron chi connectivity index (χ0n) is 12.5. The van der Waals surface area contributed by atoms with E-state index in [1.54, 1.807) is 16.9 Å². The molecule has 1 aliphatic rings. The highest BCUT2D eigenvalue weighted by atomic mass is 35.5. The number of nitrogens with zero attached hydrogens (tertiary/aromatic N) is 4. The van der Waals surface area contributed by atoms with Gasteiger partial charge in [-0.3, -0.25) is 9.48 Å². The number of amides is 1. The first-order valence-corrected chi connectivity index (χ1v) is 7.75. The Labute approximate surface area is 137 Å². The van der Waals surface area contributed by atoms with E-state index >= 15 is 0 Å². The van der Waals surface area contributed by atoms with Gasteiger partial charge in [0.15, 0.2) is 5.82 Å². The first-order chi connectivity index (χ1) is 11.1. The summed E-state index contributed by atoms with van der Waals surface area (Å²) in [6.07, 6.45) is 5.59. The molecule has 0 radical (unpaired) electrons. The summed E-state index contributed by atoms with van der Waals surface area (Å²) < 4.78 is 1.74. The summed E-state index contributed by atoms with van der Waals surface area (Å²) in [5.74, 6) is 0.583. The molecule has 1 aromatic carbocycles. The second-order valence-electron chi connectivity index (χ2n) is 5.79. The summed E-state index contributed by atoms with van der Waals surface area (Å²) in [5.41, 5.74) is 2.53. The average Bonchev–Trinajstić information content (AvgIpc) is 3.29. The molecule has 0 spiro atoms. The van der Waals surface area contributed by atoms with E-state index in [2.05, 4.69) is 20.6 Å². The Balaban J connectivity index is 1.74. The molecule has 1 amide bonds. The Kier molecular flexibility index (Phi) is 3.27. The largest absolute Gasteiger partial charge is 0.309 e. The van der Waals surface area contributed by atoms with Gasteiger partial charge in [0.1, 0.15) is 5.52 Å².